The average Bonchev–Trinajstić information content (AvgIpc) is 3.06. The summed E-state index contributed by atoms with van der Waals surface area (Å²) in [7, 11) is -3.53. The Hall–Kier alpha value is -1.81. The molecule has 0 aliphatic carbocycles. The third kappa shape index (κ3) is 3.27. The quantitative estimate of drug-likeness (QED) is 0.894. The van der Waals surface area contributed by atoms with Gasteiger partial charge in [0.15, 0.2) is 5.69 Å². The fraction of sp³-hybridized carbons (Fsp3) is 0.286. The van der Waals surface area contributed by atoms with Gasteiger partial charge in [0.1, 0.15) is 5.01 Å². The Kier molecular flexibility index (Phi) is 4.44. The van der Waals surface area contributed by atoms with Crippen LogP contribution in [0.3, 0.4) is 0 Å². The Balaban J connectivity index is 1.85. The van der Waals surface area contributed by atoms with E-state index in [0.717, 1.165) is 0 Å². The van der Waals surface area contributed by atoms with E-state index in [2.05, 4.69) is 4.98 Å². The van der Waals surface area contributed by atoms with Crippen molar-refractivity contribution in [2.24, 2.45) is 0 Å². The van der Waals surface area contributed by atoms with Crippen molar-refractivity contribution in [3.05, 3.63) is 35.3 Å². The molecule has 2 heterocycles. The van der Waals surface area contributed by atoms with Gasteiger partial charge in [0.2, 0.25) is 10.0 Å². The summed E-state index contributed by atoms with van der Waals surface area (Å²) in [6, 6.07) is 6.31. The third-order valence-corrected chi connectivity index (χ3v) is 6.24. The van der Waals surface area contributed by atoms with E-state index < -0.39 is 16.0 Å². The molecule has 0 amide bonds. The topological polar surface area (TPSA) is 96.8 Å². The van der Waals surface area contributed by atoms with E-state index in [1.165, 1.54) is 33.2 Å². The molecule has 1 aliphatic heterocycles. The normalized spacial score (nSPS) is 16.3. The second-order valence-electron chi connectivity index (χ2n) is 4.88. The summed E-state index contributed by atoms with van der Waals surface area (Å²) in [5.41, 5.74) is 0.665. The number of morpholine rings is 1. The van der Waals surface area contributed by atoms with Gasteiger partial charge in [0.05, 0.1) is 18.1 Å². The first-order valence-electron chi connectivity index (χ1n) is 6.85. The van der Waals surface area contributed by atoms with E-state index in [1.54, 1.807) is 12.1 Å². The van der Waals surface area contributed by atoms with Gasteiger partial charge in [-0.15, -0.1) is 11.3 Å². The molecule has 1 saturated heterocycles. The molecule has 0 radical (unpaired) electrons. The van der Waals surface area contributed by atoms with Crippen LogP contribution in [0, 0.1) is 0 Å². The molecule has 23 heavy (non-hydrogen) atoms. The van der Waals surface area contributed by atoms with E-state index in [4.69, 9.17) is 9.84 Å². The predicted octanol–water partition coefficient (Wildman–Crippen LogP) is 1.53. The smallest absolute Gasteiger partial charge is 0.355 e. The third-order valence-electron chi connectivity index (χ3n) is 3.43. The van der Waals surface area contributed by atoms with Crippen molar-refractivity contribution in [2.75, 3.05) is 26.3 Å². The highest BCUT2D eigenvalue weighted by Crippen LogP contribution is 2.26. The summed E-state index contributed by atoms with van der Waals surface area (Å²) in [6.45, 7) is 1.49. The van der Waals surface area contributed by atoms with Crippen molar-refractivity contribution >= 4 is 27.3 Å². The molecule has 7 nitrogen and oxygen atoms in total. The number of aromatic nitrogens is 1. The van der Waals surface area contributed by atoms with Crippen LogP contribution in [0.5, 0.6) is 0 Å². The lowest BCUT2D eigenvalue weighted by molar-refractivity contribution is 0.0691. The van der Waals surface area contributed by atoms with Crippen LogP contribution in [-0.2, 0) is 14.8 Å². The Morgan fingerprint density at radius 2 is 1.87 bits per heavy atom. The standard InChI is InChI=1S/C14H14N2O5S2/c17-14(18)12-9-22-13(15-12)10-1-3-11(4-2-10)23(19,20)16-5-7-21-8-6-16/h1-4,9H,5-8H2,(H,17,18). The van der Waals surface area contributed by atoms with Gasteiger partial charge in [-0.3, -0.25) is 0 Å². The van der Waals surface area contributed by atoms with Crippen LogP contribution in [-0.4, -0.2) is 55.1 Å². The van der Waals surface area contributed by atoms with Gasteiger partial charge < -0.3 is 9.84 Å². The minimum Gasteiger partial charge on any atom is -0.476 e. The van der Waals surface area contributed by atoms with Gasteiger partial charge in [-0.25, -0.2) is 18.2 Å². The fourth-order valence-electron chi connectivity index (χ4n) is 2.21. The SMILES string of the molecule is O=C(O)c1csc(-c2ccc(S(=O)(=O)N3CCOCC3)cc2)n1. The number of carboxylic acid groups (broad SMARTS) is 1. The number of ether oxygens (including phenoxy) is 1. The van der Waals surface area contributed by atoms with E-state index in [0.29, 0.717) is 36.9 Å². The van der Waals surface area contributed by atoms with E-state index in [9.17, 15) is 13.2 Å². The number of carboxylic acids is 1. The largest absolute Gasteiger partial charge is 0.476 e. The van der Waals surface area contributed by atoms with Gasteiger partial charge >= 0.3 is 5.97 Å². The highest BCUT2D eigenvalue weighted by molar-refractivity contribution is 7.89. The first-order valence-corrected chi connectivity index (χ1v) is 9.17. The summed E-state index contributed by atoms with van der Waals surface area (Å²) in [4.78, 5) is 15.1. The zero-order valence-corrected chi connectivity index (χ0v) is 13.6. The molecule has 3 rings (SSSR count). The summed E-state index contributed by atoms with van der Waals surface area (Å²) in [5, 5.41) is 10.9. The highest BCUT2D eigenvalue weighted by Gasteiger charge is 2.26. The van der Waals surface area contributed by atoms with Gasteiger partial charge in [-0.1, -0.05) is 12.1 Å². The van der Waals surface area contributed by atoms with Crippen molar-refractivity contribution in [1.82, 2.24) is 9.29 Å². The Morgan fingerprint density at radius 1 is 1.22 bits per heavy atom. The molecule has 1 aliphatic rings. The minimum atomic E-state index is -3.53. The molecule has 2 aromatic rings. The lowest BCUT2D eigenvalue weighted by Crippen LogP contribution is -2.40. The molecule has 0 unspecified atom stereocenters. The summed E-state index contributed by atoms with van der Waals surface area (Å²) < 4.78 is 31.6. The molecule has 1 N–H and O–H groups in total. The van der Waals surface area contributed by atoms with Crippen LogP contribution in [0.15, 0.2) is 34.5 Å². The number of thiazole rings is 1. The van der Waals surface area contributed by atoms with Crippen molar-refractivity contribution in [3.63, 3.8) is 0 Å². The van der Waals surface area contributed by atoms with E-state index in [-0.39, 0.29) is 10.6 Å². The maximum absolute atomic E-state index is 12.5. The van der Waals surface area contributed by atoms with Crippen molar-refractivity contribution < 1.29 is 23.1 Å². The second kappa shape index (κ2) is 6.36. The maximum atomic E-state index is 12.5. The van der Waals surface area contributed by atoms with Gasteiger partial charge in [0, 0.05) is 24.0 Å². The molecule has 0 saturated carbocycles. The molecule has 1 fully saturated rings. The first kappa shape index (κ1) is 16.1. The Labute approximate surface area is 137 Å². The van der Waals surface area contributed by atoms with Crippen molar-refractivity contribution in [2.45, 2.75) is 4.90 Å². The molecule has 1 aromatic heterocycles. The van der Waals surface area contributed by atoms with Crippen LogP contribution in [0.25, 0.3) is 10.6 Å². The number of aromatic carboxylic acids is 1. The average molecular weight is 354 g/mol. The number of sulfonamides is 1. The van der Waals surface area contributed by atoms with Crippen LogP contribution in [0.4, 0.5) is 0 Å². The molecule has 0 atom stereocenters. The fourth-order valence-corrected chi connectivity index (χ4v) is 4.42. The monoisotopic (exact) mass is 354 g/mol. The molecule has 1 aromatic carbocycles. The van der Waals surface area contributed by atoms with Crippen LogP contribution >= 0.6 is 11.3 Å². The summed E-state index contributed by atoms with van der Waals surface area (Å²) in [6.07, 6.45) is 0. The molecular weight excluding hydrogens is 340 g/mol. The number of nitrogens with zero attached hydrogens (tertiary/aromatic N) is 2. The first-order chi connectivity index (χ1) is 11.0. The van der Waals surface area contributed by atoms with E-state index in [1.807, 2.05) is 0 Å². The van der Waals surface area contributed by atoms with Crippen molar-refractivity contribution in [3.8, 4) is 10.6 Å². The molecule has 0 bridgehead atoms. The number of hydrogen-bond acceptors (Lipinski definition) is 6. The van der Waals surface area contributed by atoms with Crippen molar-refractivity contribution in [1.29, 1.82) is 0 Å². The number of benzene rings is 1. The molecular formula is C14H14N2O5S2. The molecule has 122 valence electrons. The maximum Gasteiger partial charge on any atom is 0.355 e. The lowest BCUT2D eigenvalue weighted by atomic mass is 10.2. The lowest BCUT2D eigenvalue weighted by Gasteiger charge is -2.26. The van der Waals surface area contributed by atoms with Gasteiger partial charge in [0.25, 0.3) is 0 Å². The Bertz CT molecular complexity index is 808. The zero-order valence-electron chi connectivity index (χ0n) is 12.0. The second-order valence-corrected chi connectivity index (χ2v) is 7.68. The van der Waals surface area contributed by atoms with Gasteiger partial charge in [-0.05, 0) is 12.1 Å². The Morgan fingerprint density at radius 3 is 2.43 bits per heavy atom. The number of carbonyl (C=O) groups is 1. The van der Waals surface area contributed by atoms with E-state index >= 15 is 0 Å². The van der Waals surface area contributed by atoms with Crippen LogP contribution in [0.2, 0.25) is 0 Å². The minimum absolute atomic E-state index is 0.0185. The number of rotatable bonds is 4. The summed E-state index contributed by atoms with van der Waals surface area (Å²) in [5.74, 6) is -1.08. The molecule has 9 heteroatoms. The molecule has 0 spiro atoms. The summed E-state index contributed by atoms with van der Waals surface area (Å²) >= 11 is 1.20. The highest BCUT2D eigenvalue weighted by atomic mass is 32.2. The predicted molar refractivity (Wildman–Crippen MR) is 84.1 cm³/mol. The number of hydrogen-bond donors (Lipinski definition) is 1. The van der Waals surface area contributed by atoms with Crippen LogP contribution < -0.4 is 0 Å². The zero-order chi connectivity index (χ0) is 16.4. The van der Waals surface area contributed by atoms with Gasteiger partial charge in [-0.2, -0.15) is 4.31 Å². The van der Waals surface area contributed by atoms with Crippen LogP contribution in [0.1, 0.15) is 10.5 Å².